The molecule has 0 bridgehead atoms. The summed E-state index contributed by atoms with van der Waals surface area (Å²) < 4.78 is 19.5. The molecule has 0 saturated carbocycles. The van der Waals surface area contributed by atoms with Gasteiger partial charge in [0.15, 0.2) is 5.35 Å². The van der Waals surface area contributed by atoms with Gasteiger partial charge in [0.2, 0.25) is 0 Å². The summed E-state index contributed by atoms with van der Waals surface area (Å²) in [5.41, 5.74) is -1.53. The molecule has 9 heteroatoms. The lowest BCUT2D eigenvalue weighted by molar-refractivity contribution is -0.126. The summed E-state index contributed by atoms with van der Waals surface area (Å²) in [5.74, 6) is 0. The highest BCUT2D eigenvalue weighted by Gasteiger charge is 2.60. The highest BCUT2D eigenvalue weighted by Crippen LogP contribution is 2.41. The van der Waals surface area contributed by atoms with Crippen molar-refractivity contribution >= 4 is 8.80 Å². The second-order valence-electron chi connectivity index (χ2n) is 7.58. The molecular formula is C16H28N2O6Si. The van der Waals surface area contributed by atoms with E-state index in [4.69, 9.17) is 14.2 Å². The summed E-state index contributed by atoms with van der Waals surface area (Å²) in [5, 5.41) is 8.75. The summed E-state index contributed by atoms with van der Waals surface area (Å²) >= 11 is 0. The number of nitrogens with zero attached hydrogens (tertiary/aromatic N) is 1. The summed E-state index contributed by atoms with van der Waals surface area (Å²) in [6, 6.07) is 1.28. The zero-order chi connectivity index (χ0) is 19.0. The second kappa shape index (κ2) is 7.16. The minimum atomic E-state index is -1.76. The lowest BCUT2D eigenvalue weighted by Gasteiger charge is -2.39. The van der Waals surface area contributed by atoms with Gasteiger partial charge in [0.05, 0.1) is 21.0 Å². The van der Waals surface area contributed by atoms with Gasteiger partial charge in [-0.3, -0.25) is 14.3 Å². The number of nitrogens with one attached hydrogen (secondary N) is 1. The van der Waals surface area contributed by atoms with Gasteiger partial charge >= 0.3 is 5.69 Å². The van der Waals surface area contributed by atoms with Crippen molar-refractivity contribution in [1.29, 1.82) is 0 Å². The van der Waals surface area contributed by atoms with Crippen molar-refractivity contribution in [3.63, 3.8) is 0 Å². The van der Waals surface area contributed by atoms with E-state index in [1.54, 1.807) is 0 Å². The van der Waals surface area contributed by atoms with Gasteiger partial charge in [-0.2, -0.15) is 0 Å². The van der Waals surface area contributed by atoms with Crippen molar-refractivity contribution in [2.75, 3.05) is 13.7 Å². The number of aliphatic hydroxyl groups is 1. The third-order valence-electron chi connectivity index (χ3n) is 4.36. The van der Waals surface area contributed by atoms with Crippen molar-refractivity contribution in [1.82, 2.24) is 9.55 Å². The van der Waals surface area contributed by atoms with E-state index >= 15 is 0 Å². The molecule has 25 heavy (non-hydrogen) atoms. The Kier molecular flexibility index (Phi) is 5.74. The van der Waals surface area contributed by atoms with Crippen molar-refractivity contribution in [3.05, 3.63) is 33.1 Å². The molecule has 1 aromatic heterocycles. The van der Waals surface area contributed by atoms with E-state index in [-0.39, 0.29) is 6.61 Å². The topological polar surface area (TPSA) is 103 Å². The molecule has 2 heterocycles. The Balaban J connectivity index is 2.63. The average Bonchev–Trinajstić information content (AvgIpc) is 2.79. The van der Waals surface area contributed by atoms with Crippen LogP contribution in [-0.4, -0.2) is 61.1 Å². The van der Waals surface area contributed by atoms with E-state index in [0.29, 0.717) is 0 Å². The number of aromatic amines is 1. The third-order valence-corrected chi connectivity index (χ3v) is 6.76. The van der Waals surface area contributed by atoms with Gasteiger partial charge in [-0.1, -0.05) is 13.1 Å². The van der Waals surface area contributed by atoms with Crippen LogP contribution in [-0.2, 0) is 19.6 Å². The monoisotopic (exact) mass is 372 g/mol. The quantitative estimate of drug-likeness (QED) is 0.694. The summed E-state index contributed by atoms with van der Waals surface area (Å²) in [6.45, 7) is 9.52. The van der Waals surface area contributed by atoms with Gasteiger partial charge in [-0.25, -0.2) is 4.79 Å². The molecule has 0 aliphatic carbocycles. The number of H-pyrrole nitrogens is 1. The molecule has 2 rings (SSSR count). The summed E-state index contributed by atoms with van der Waals surface area (Å²) in [6.07, 6.45) is -0.366. The first-order valence-corrected chi connectivity index (χ1v) is 11.3. The number of hydrogen-bond acceptors (Lipinski definition) is 6. The van der Waals surface area contributed by atoms with Crippen LogP contribution in [0.4, 0.5) is 0 Å². The minimum absolute atomic E-state index is 0.262. The first kappa shape index (κ1) is 20.1. The first-order chi connectivity index (χ1) is 11.6. The molecule has 0 amide bonds. The zero-order valence-corrected chi connectivity index (χ0v) is 16.8. The number of ether oxygens (including phenoxy) is 3. The maximum atomic E-state index is 12.5. The molecule has 1 saturated heterocycles. The van der Waals surface area contributed by atoms with Gasteiger partial charge < -0.3 is 19.3 Å². The van der Waals surface area contributed by atoms with Crippen LogP contribution in [0.1, 0.15) is 20.8 Å². The lowest BCUT2D eigenvalue weighted by atomic mass is 10.1. The van der Waals surface area contributed by atoms with Crippen LogP contribution in [0.5, 0.6) is 0 Å². The second-order valence-corrected chi connectivity index (χ2v) is 10.7. The third kappa shape index (κ3) is 3.65. The molecule has 0 spiro atoms. The predicted octanol–water partition coefficient (Wildman–Crippen LogP) is -0.195. The molecule has 142 valence electrons. The number of hydrogen-bond donors (Lipinski definition) is 2. The normalized spacial score (nSPS) is 30.2. The molecule has 1 aliphatic rings. The first-order valence-electron chi connectivity index (χ1n) is 8.38. The van der Waals surface area contributed by atoms with E-state index in [9.17, 15) is 14.7 Å². The van der Waals surface area contributed by atoms with Crippen LogP contribution >= 0.6 is 0 Å². The Bertz CT molecular complexity index is 710. The Labute approximate surface area is 148 Å². The largest absolute Gasteiger partial charge is 0.394 e. The van der Waals surface area contributed by atoms with Crippen LogP contribution in [0.15, 0.2) is 21.9 Å². The highest BCUT2D eigenvalue weighted by atomic mass is 28.3. The van der Waals surface area contributed by atoms with E-state index < -0.39 is 49.3 Å². The fourth-order valence-corrected chi connectivity index (χ4v) is 5.62. The van der Waals surface area contributed by atoms with Crippen LogP contribution in [0.3, 0.4) is 0 Å². The number of aromatic nitrogens is 2. The number of aliphatic hydroxyl groups excluding tert-OH is 1. The summed E-state index contributed by atoms with van der Waals surface area (Å²) in [4.78, 5) is 26.2. The van der Waals surface area contributed by atoms with E-state index in [0.717, 1.165) is 0 Å². The lowest BCUT2D eigenvalue weighted by Crippen LogP contribution is -2.59. The smallest absolute Gasteiger partial charge is 0.330 e. The molecule has 4 atom stereocenters. The van der Waals surface area contributed by atoms with Crippen molar-refractivity contribution in [2.45, 2.75) is 63.1 Å². The van der Waals surface area contributed by atoms with Crippen LogP contribution in [0, 0.1) is 0 Å². The fraction of sp³-hybridized carbons (Fsp3) is 0.750. The molecule has 2 N–H and O–H groups in total. The van der Waals surface area contributed by atoms with Gasteiger partial charge in [0.25, 0.3) is 5.56 Å². The Morgan fingerprint density at radius 1 is 1.40 bits per heavy atom. The van der Waals surface area contributed by atoms with Gasteiger partial charge in [0, 0.05) is 19.4 Å². The van der Waals surface area contributed by atoms with Crippen LogP contribution < -0.4 is 11.2 Å². The maximum absolute atomic E-state index is 12.5. The molecule has 0 radical (unpaired) electrons. The van der Waals surface area contributed by atoms with Crippen molar-refractivity contribution in [3.8, 4) is 0 Å². The van der Waals surface area contributed by atoms with E-state index in [1.807, 2.05) is 33.9 Å². The summed E-state index contributed by atoms with van der Waals surface area (Å²) in [7, 11) is -0.224. The van der Waals surface area contributed by atoms with Crippen LogP contribution in [0.2, 0.25) is 13.1 Å². The molecular weight excluding hydrogens is 344 g/mol. The average molecular weight is 372 g/mol. The Hall–Kier alpha value is -1.26. The van der Waals surface area contributed by atoms with Gasteiger partial charge in [0.1, 0.15) is 18.3 Å². The SMILES string of the molecule is CO[C@@H]1[C@H](OC(C)(C)C)[C@@H](CO)O[C@]1(n1ccc(=O)[nH]c1=O)[SiH](C)C. The predicted molar refractivity (Wildman–Crippen MR) is 95.6 cm³/mol. The number of methoxy groups -OCH3 is 1. The number of rotatable bonds is 5. The molecule has 1 aliphatic heterocycles. The van der Waals surface area contributed by atoms with Crippen LogP contribution in [0.25, 0.3) is 0 Å². The Morgan fingerprint density at radius 3 is 2.48 bits per heavy atom. The van der Waals surface area contributed by atoms with Gasteiger partial charge in [-0.15, -0.1) is 0 Å². The van der Waals surface area contributed by atoms with Crippen molar-refractivity contribution in [2.24, 2.45) is 0 Å². The molecule has 1 aromatic rings. The fourth-order valence-electron chi connectivity index (χ4n) is 3.43. The molecule has 1 fully saturated rings. The zero-order valence-electron chi connectivity index (χ0n) is 15.6. The minimum Gasteiger partial charge on any atom is -0.394 e. The standard InChI is InChI=1S/C16H28N2O6Si/c1-15(2,3)24-12-10(9-19)23-16(25(5)6,13(12)22-4)18-8-7-11(20)17-14(18)21/h7-8,10,12-13,19,25H,9H2,1-6H3,(H,17,20,21)/t10-,12-,13-,16+/m1/s1. The Morgan fingerprint density at radius 2 is 2.04 bits per heavy atom. The molecule has 8 nitrogen and oxygen atoms in total. The van der Waals surface area contributed by atoms with E-state index in [2.05, 4.69) is 4.98 Å². The maximum Gasteiger partial charge on any atom is 0.330 e. The molecule has 0 unspecified atom stereocenters. The van der Waals surface area contributed by atoms with Crippen molar-refractivity contribution < 1.29 is 19.3 Å². The molecule has 0 aromatic carbocycles. The van der Waals surface area contributed by atoms with E-state index in [1.165, 1.54) is 23.9 Å². The highest BCUT2D eigenvalue weighted by molar-refractivity contribution is 6.58. The van der Waals surface area contributed by atoms with Gasteiger partial charge in [-0.05, 0) is 20.8 Å².